The van der Waals surface area contributed by atoms with Crippen LogP contribution in [-0.2, 0) is 16.6 Å². The summed E-state index contributed by atoms with van der Waals surface area (Å²) in [5.74, 6) is -0.438. The van der Waals surface area contributed by atoms with Gasteiger partial charge in [-0.3, -0.25) is 9.00 Å². The number of halogens is 1. The van der Waals surface area contributed by atoms with Crippen LogP contribution in [0.15, 0.2) is 42.5 Å². The monoisotopic (exact) mass is 305 g/mol. The van der Waals surface area contributed by atoms with Crippen molar-refractivity contribution in [1.82, 2.24) is 0 Å². The summed E-state index contributed by atoms with van der Waals surface area (Å²) in [7, 11) is -1.12. The highest BCUT2D eigenvalue weighted by Crippen LogP contribution is 2.24. The van der Waals surface area contributed by atoms with Gasteiger partial charge in [0, 0.05) is 28.3 Å². The largest absolute Gasteiger partial charge is 0.322 e. The van der Waals surface area contributed by atoms with E-state index in [9.17, 15) is 13.4 Å². The van der Waals surface area contributed by atoms with Gasteiger partial charge in [0.1, 0.15) is 5.82 Å². The molecule has 2 aromatic rings. The van der Waals surface area contributed by atoms with Crippen molar-refractivity contribution in [1.29, 1.82) is 0 Å². The Hall–Kier alpha value is -2.01. The summed E-state index contributed by atoms with van der Waals surface area (Å²) in [5.41, 5.74) is 2.00. The van der Waals surface area contributed by atoms with Crippen molar-refractivity contribution in [3.8, 4) is 0 Å². The molecular weight excluding hydrogens is 289 g/mol. The van der Waals surface area contributed by atoms with E-state index in [-0.39, 0.29) is 17.5 Å². The van der Waals surface area contributed by atoms with Gasteiger partial charge in [0.15, 0.2) is 0 Å². The van der Waals surface area contributed by atoms with Crippen molar-refractivity contribution in [2.75, 3.05) is 11.6 Å². The van der Waals surface area contributed by atoms with Crippen LogP contribution in [0.3, 0.4) is 0 Å². The zero-order chi connectivity index (χ0) is 15.4. The third kappa shape index (κ3) is 3.76. The Morgan fingerprint density at radius 3 is 2.48 bits per heavy atom. The van der Waals surface area contributed by atoms with E-state index in [1.165, 1.54) is 12.1 Å². The molecule has 1 atom stereocenters. The van der Waals surface area contributed by atoms with E-state index in [4.69, 9.17) is 0 Å². The molecule has 21 heavy (non-hydrogen) atoms. The molecule has 5 heteroatoms. The van der Waals surface area contributed by atoms with Crippen LogP contribution in [0.4, 0.5) is 10.1 Å². The van der Waals surface area contributed by atoms with Crippen LogP contribution in [-0.4, -0.2) is 16.4 Å². The maximum atomic E-state index is 13.7. The lowest BCUT2D eigenvalue weighted by Crippen LogP contribution is -2.14. The quantitative estimate of drug-likeness (QED) is 0.942. The molecule has 2 aromatic carbocycles. The molecule has 0 aromatic heterocycles. The summed E-state index contributed by atoms with van der Waals surface area (Å²) < 4.78 is 25.1. The second kappa shape index (κ2) is 6.63. The van der Waals surface area contributed by atoms with Crippen LogP contribution in [0.2, 0.25) is 0 Å². The number of carbonyl (C=O) groups excluding carboxylic acids is 1. The Labute approximate surface area is 125 Å². The molecule has 1 amide bonds. The Kier molecular flexibility index (Phi) is 4.85. The molecule has 0 bridgehead atoms. The molecule has 1 N–H and O–H groups in total. The van der Waals surface area contributed by atoms with E-state index in [0.717, 1.165) is 0 Å². The zero-order valence-corrected chi connectivity index (χ0v) is 12.7. The highest BCUT2D eigenvalue weighted by atomic mass is 32.2. The lowest BCUT2D eigenvalue weighted by Gasteiger charge is -2.13. The third-order valence-electron chi connectivity index (χ3n) is 3.16. The van der Waals surface area contributed by atoms with E-state index in [1.807, 2.05) is 6.07 Å². The predicted octanol–water partition coefficient (Wildman–Crippen LogP) is 3.26. The van der Waals surface area contributed by atoms with Crippen LogP contribution < -0.4 is 5.32 Å². The van der Waals surface area contributed by atoms with Crippen molar-refractivity contribution in [3.63, 3.8) is 0 Å². The number of hydrogen-bond acceptors (Lipinski definition) is 2. The van der Waals surface area contributed by atoms with E-state index < -0.39 is 10.8 Å². The molecule has 3 nitrogen and oxygen atoms in total. The summed E-state index contributed by atoms with van der Waals surface area (Å²) in [6.07, 6.45) is 1.55. The number of anilines is 1. The van der Waals surface area contributed by atoms with Gasteiger partial charge < -0.3 is 5.32 Å². The number of hydrogen-bond donors (Lipinski definition) is 1. The first-order valence-electron chi connectivity index (χ1n) is 6.43. The average Bonchev–Trinajstić information content (AvgIpc) is 2.47. The molecule has 0 aliphatic heterocycles. The molecule has 0 heterocycles. The fraction of sp³-hybridized carbons (Fsp3) is 0.188. The van der Waals surface area contributed by atoms with Gasteiger partial charge in [0.2, 0.25) is 0 Å². The molecule has 0 aliphatic carbocycles. The SMILES string of the molecule is Cc1c(F)ccc(NC(=O)c2ccccc2)c1CS(C)=O. The highest BCUT2D eigenvalue weighted by molar-refractivity contribution is 7.83. The van der Waals surface area contributed by atoms with Gasteiger partial charge in [-0.15, -0.1) is 0 Å². The first kappa shape index (κ1) is 15.4. The topological polar surface area (TPSA) is 46.2 Å². The summed E-state index contributed by atoms with van der Waals surface area (Å²) in [5, 5.41) is 2.76. The van der Waals surface area contributed by atoms with Crippen molar-refractivity contribution in [3.05, 3.63) is 65.0 Å². The third-order valence-corrected chi connectivity index (χ3v) is 3.86. The second-order valence-electron chi connectivity index (χ2n) is 4.74. The van der Waals surface area contributed by atoms with Crippen LogP contribution in [0.5, 0.6) is 0 Å². The van der Waals surface area contributed by atoms with E-state index in [1.54, 1.807) is 37.4 Å². The van der Waals surface area contributed by atoms with Crippen molar-refractivity contribution >= 4 is 22.4 Å². The van der Waals surface area contributed by atoms with Crippen LogP contribution in [0.25, 0.3) is 0 Å². The first-order valence-corrected chi connectivity index (χ1v) is 8.16. The first-order chi connectivity index (χ1) is 9.99. The van der Waals surface area contributed by atoms with Gasteiger partial charge in [-0.1, -0.05) is 18.2 Å². The summed E-state index contributed by atoms with van der Waals surface area (Å²) in [4.78, 5) is 12.2. The molecule has 1 unspecified atom stereocenters. The smallest absolute Gasteiger partial charge is 0.255 e. The van der Waals surface area contributed by atoms with Crippen LogP contribution >= 0.6 is 0 Å². The molecular formula is C16H16FNO2S. The Morgan fingerprint density at radius 2 is 1.86 bits per heavy atom. The number of benzene rings is 2. The molecule has 0 radical (unpaired) electrons. The normalized spacial score (nSPS) is 12.0. The van der Waals surface area contributed by atoms with Gasteiger partial charge in [-0.25, -0.2) is 4.39 Å². The van der Waals surface area contributed by atoms with E-state index >= 15 is 0 Å². The second-order valence-corrected chi connectivity index (χ2v) is 6.17. The molecule has 110 valence electrons. The fourth-order valence-electron chi connectivity index (χ4n) is 2.02. The Bertz CT molecular complexity index is 686. The van der Waals surface area contributed by atoms with Gasteiger partial charge >= 0.3 is 0 Å². The van der Waals surface area contributed by atoms with Crippen molar-refractivity contribution in [2.45, 2.75) is 12.7 Å². The average molecular weight is 305 g/mol. The zero-order valence-electron chi connectivity index (χ0n) is 11.9. The number of rotatable bonds is 4. The minimum absolute atomic E-state index is 0.202. The summed E-state index contributed by atoms with van der Waals surface area (Å²) in [6, 6.07) is 11.6. The minimum Gasteiger partial charge on any atom is -0.322 e. The fourth-order valence-corrected chi connectivity index (χ4v) is 2.80. The van der Waals surface area contributed by atoms with Gasteiger partial charge in [-0.2, -0.15) is 0 Å². The molecule has 0 fully saturated rings. The Balaban J connectivity index is 2.33. The maximum absolute atomic E-state index is 13.7. The standard InChI is InChI=1S/C16H16FNO2S/c1-11-13(10-21(2)20)15(9-8-14(11)17)18-16(19)12-6-4-3-5-7-12/h3-9H,10H2,1-2H3,(H,18,19). The molecule has 0 aliphatic rings. The predicted molar refractivity (Wildman–Crippen MR) is 83.3 cm³/mol. The van der Waals surface area contributed by atoms with Gasteiger partial charge in [0.05, 0.1) is 5.75 Å². The minimum atomic E-state index is -1.12. The lowest BCUT2D eigenvalue weighted by atomic mass is 10.1. The Morgan fingerprint density at radius 1 is 1.19 bits per heavy atom. The molecule has 2 rings (SSSR count). The van der Waals surface area contributed by atoms with Crippen LogP contribution in [0, 0.1) is 12.7 Å². The number of nitrogens with one attached hydrogen (secondary N) is 1. The van der Waals surface area contributed by atoms with Crippen LogP contribution in [0.1, 0.15) is 21.5 Å². The van der Waals surface area contributed by atoms with Crippen molar-refractivity contribution < 1.29 is 13.4 Å². The van der Waals surface area contributed by atoms with E-state index in [2.05, 4.69) is 5.32 Å². The maximum Gasteiger partial charge on any atom is 0.255 e. The van der Waals surface area contributed by atoms with Gasteiger partial charge in [-0.05, 0) is 42.3 Å². The molecule has 0 saturated carbocycles. The highest BCUT2D eigenvalue weighted by Gasteiger charge is 2.14. The summed E-state index contributed by atoms with van der Waals surface area (Å²) >= 11 is 0. The lowest BCUT2D eigenvalue weighted by molar-refractivity contribution is 0.102. The number of carbonyl (C=O) groups is 1. The number of amides is 1. The van der Waals surface area contributed by atoms with Gasteiger partial charge in [0.25, 0.3) is 5.91 Å². The summed E-state index contributed by atoms with van der Waals surface area (Å²) in [6.45, 7) is 1.62. The van der Waals surface area contributed by atoms with Crippen molar-refractivity contribution in [2.24, 2.45) is 0 Å². The molecule has 0 spiro atoms. The van der Waals surface area contributed by atoms with E-state index in [0.29, 0.717) is 22.4 Å². The molecule has 0 saturated heterocycles.